The van der Waals surface area contributed by atoms with Crippen LogP contribution in [0.1, 0.15) is 44.3 Å². The van der Waals surface area contributed by atoms with Gasteiger partial charge in [0.05, 0.1) is 5.01 Å². The molecule has 0 aliphatic heterocycles. The van der Waals surface area contributed by atoms with Gasteiger partial charge >= 0.3 is 6.18 Å². The number of halogens is 3. The van der Waals surface area contributed by atoms with E-state index in [1.807, 2.05) is 6.92 Å². The molecule has 0 aromatic carbocycles. The zero-order valence-electron chi connectivity index (χ0n) is 15.6. The number of hydrogen-bond acceptors (Lipinski definition) is 4. The van der Waals surface area contributed by atoms with Gasteiger partial charge < -0.3 is 15.7 Å². The predicted octanol–water partition coefficient (Wildman–Crippen LogP) is 3.30. The lowest BCUT2D eigenvalue weighted by Gasteiger charge is -2.17. The third kappa shape index (κ3) is 8.84. The molecule has 0 aliphatic carbocycles. The largest absolute Gasteiger partial charge is 0.434 e. The summed E-state index contributed by atoms with van der Waals surface area (Å²) >= 11 is 1.01. The van der Waals surface area contributed by atoms with Crippen LogP contribution in [0.15, 0.2) is 10.4 Å². The highest BCUT2D eigenvalue weighted by Crippen LogP contribution is 2.30. The topological polar surface area (TPSA) is 69.5 Å². The van der Waals surface area contributed by atoms with E-state index in [0.717, 1.165) is 23.1 Å². The smallest absolute Gasteiger partial charge is 0.396 e. The summed E-state index contributed by atoms with van der Waals surface area (Å²) in [5.74, 6) is 1.47. The minimum Gasteiger partial charge on any atom is -0.396 e. The van der Waals surface area contributed by atoms with E-state index in [9.17, 15) is 18.3 Å². The van der Waals surface area contributed by atoms with Gasteiger partial charge in [-0.15, -0.1) is 11.3 Å². The molecule has 26 heavy (non-hydrogen) atoms. The summed E-state index contributed by atoms with van der Waals surface area (Å²) in [6.07, 6.45) is -2.29. The number of nitrogens with one attached hydrogen (secondary N) is 2. The van der Waals surface area contributed by atoms with Crippen LogP contribution in [0.4, 0.5) is 13.2 Å². The third-order valence-corrected chi connectivity index (χ3v) is 4.58. The molecule has 0 saturated carbocycles. The van der Waals surface area contributed by atoms with Crippen molar-refractivity contribution in [3.05, 3.63) is 16.1 Å². The summed E-state index contributed by atoms with van der Waals surface area (Å²) in [7, 11) is 0. The number of thiazole rings is 1. The van der Waals surface area contributed by atoms with Crippen LogP contribution in [0.3, 0.4) is 0 Å². The van der Waals surface area contributed by atoms with Crippen molar-refractivity contribution in [1.29, 1.82) is 0 Å². The van der Waals surface area contributed by atoms with E-state index in [0.29, 0.717) is 55.3 Å². The molecule has 0 bridgehead atoms. The van der Waals surface area contributed by atoms with Crippen LogP contribution in [-0.4, -0.2) is 42.3 Å². The van der Waals surface area contributed by atoms with E-state index < -0.39 is 11.9 Å². The lowest BCUT2D eigenvalue weighted by atomic mass is 9.94. The molecule has 1 atom stereocenters. The molecular formula is C17H29F3N4OS. The van der Waals surface area contributed by atoms with E-state index in [1.54, 1.807) is 0 Å². The molecule has 3 N–H and O–H groups in total. The molecule has 1 heterocycles. The molecule has 9 heteroatoms. The molecule has 1 aromatic heterocycles. The molecule has 1 unspecified atom stereocenters. The molecule has 1 rings (SSSR count). The lowest BCUT2D eigenvalue weighted by Crippen LogP contribution is -2.38. The van der Waals surface area contributed by atoms with Gasteiger partial charge in [0.2, 0.25) is 0 Å². The number of aliphatic imine (C=N–C) groups is 1. The van der Waals surface area contributed by atoms with Gasteiger partial charge in [0.15, 0.2) is 11.7 Å². The SMILES string of the molecule is CCNC(=NCC(CCO)CC(C)C)NCCc1nc(C(F)(F)F)cs1. The zero-order valence-corrected chi connectivity index (χ0v) is 16.4. The predicted molar refractivity (Wildman–Crippen MR) is 99.4 cm³/mol. The van der Waals surface area contributed by atoms with Gasteiger partial charge in [0.25, 0.3) is 0 Å². The monoisotopic (exact) mass is 394 g/mol. The maximum absolute atomic E-state index is 12.6. The normalized spacial score (nSPS) is 13.9. The van der Waals surface area contributed by atoms with E-state index in [2.05, 4.69) is 34.5 Å². The minimum absolute atomic E-state index is 0.141. The summed E-state index contributed by atoms with van der Waals surface area (Å²) in [6.45, 7) is 8.11. The van der Waals surface area contributed by atoms with E-state index in [-0.39, 0.29) is 6.61 Å². The standard InChI is InChI=1S/C17H29F3N4OS/c1-4-21-16(23-10-13(6-8-25)9-12(2)3)22-7-5-15-24-14(11-26-15)17(18,19)20/h11-13,25H,4-10H2,1-3H3,(H2,21,22,23). The number of aromatic nitrogens is 1. The van der Waals surface area contributed by atoms with Gasteiger partial charge in [-0.05, 0) is 31.6 Å². The van der Waals surface area contributed by atoms with Crippen molar-refractivity contribution in [1.82, 2.24) is 15.6 Å². The Hall–Kier alpha value is -1.35. The van der Waals surface area contributed by atoms with Crippen LogP contribution >= 0.6 is 11.3 Å². The fourth-order valence-electron chi connectivity index (χ4n) is 2.54. The van der Waals surface area contributed by atoms with Crippen molar-refractivity contribution in [2.75, 3.05) is 26.2 Å². The fraction of sp³-hybridized carbons (Fsp3) is 0.765. The van der Waals surface area contributed by atoms with Crippen LogP contribution in [-0.2, 0) is 12.6 Å². The first-order valence-electron chi connectivity index (χ1n) is 8.90. The molecule has 0 amide bonds. The Morgan fingerprint density at radius 1 is 1.35 bits per heavy atom. The maximum atomic E-state index is 12.6. The summed E-state index contributed by atoms with van der Waals surface area (Å²) in [6, 6.07) is 0. The van der Waals surface area contributed by atoms with Gasteiger partial charge in [-0.2, -0.15) is 13.2 Å². The molecule has 0 aliphatic rings. The second-order valence-corrected chi connectivity index (χ2v) is 7.47. The Morgan fingerprint density at radius 2 is 2.08 bits per heavy atom. The summed E-state index contributed by atoms with van der Waals surface area (Å²) < 4.78 is 37.7. The minimum atomic E-state index is -4.39. The molecule has 0 fully saturated rings. The van der Waals surface area contributed by atoms with Crippen LogP contribution < -0.4 is 10.6 Å². The number of alkyl halides is 3. The zero-order chi connectivity index (χ0) is 19.6. The third-order valence-electron chi connectivity index (χ3n) is 3.67. The Morgan fingerprint density at radius 3 is 2.62 bits per heavy atom. The van der Waals surface area contributed by atoms with Crippen LogP contribution in [0.25, 0.3) is 0 Å². The van der Waals surface area contributed by atoms with Gasteiger partial charge in [-0.1, -0.05) is 13.8 Å². The van der Waals surface area contributed by atoms with E-state index in [1.165, 1.54) is 0 Å². The number of rotatable bonds is 10. The highest BCUT2D eigenvalue weighted by Gasteiger charge is 2.33. The number of aliphatic hydroxyl groups excluding tert-OH is 1. The van der Waals surface area contributed by atoms with Gasteiger partial charge in [0.1, 0.15) is 0 Å². The van der Waals surface area contributed by atoms with Crippen molar-refractivity contribution >= 4 is 17.3 Å². The molecule has 150 valence electrons. The van der Waals surface area contributed by atoms with Crippen molar-refractivity contribution in [2.45, 2.75) is 46.2 Å². The molecule has 1 aromatic rings. The molecule has 0 radical (unpaired) electrons. The van der Waals surface area contributed by atoms with Crippen molar-refractivity contribution in [3.8, 4) is 0 Å². The van der Waals surface area contributed by atoms with E-state index >= 15 is 0 Å². The lowest BCUT2D eigenvalue weighted by molar-refractivity contribution is -0.140. The molecule has 0 spiro atoms. The number of guanidine groups is 1. The number of nitrogens with zero attached hydrogens (tertiary/aromatic N) is 2. The number of hydrogen-bond donors (Lipinski definition) is 3. The fourth-order valence-corrected chi connectivity index (χ4v) is 3.34. The van der Waals surface area contributed by atoms with Gasteiger partial charge in [-0.3, -0.25) is 4.99 Å². The molecular weight excluding hydrogens is 365 g/mol. The second kappa shape index (κ2) is 11.4. The highest BCUT2D eigenvalue weighted by atomic mass is 32.1. The summed E-state index contributed by atoms with van der Waals surface area (Å²) in [4.78, 5) is 8.17. The molecule has 5 nitrogen and oxygen atoms in total. The maximum Gasteiger partial charge on any atom is 0.434 e. The molecule has 0 saturated heterocycles. The van der Waals surface area contributed by atoms with Gasteiger partial charge in [-0.25, -0.2) is 4.98 Å². The Bertz CT molecular complexity index is 546. The van der Waals surface area contributed by atoms with Gasteiger partial charge in [0, 0.05) is 38.0 Å². The Kier molecular flexibility index (Phi) is 9.93. The van der Waals surface area contributed by atoms with Crippen molar-refractivity contribution in [2.24, 2.45) is 16.8 Å². The first kappa shape index (κ1) is 22.7. The first-order chi connectivity index (χ1) is 12.3. The van der Waals surface area contributed by atoms with Crippen LogP contribution in [0, 0.1) is 11.8 Å². The average molecular weight is 395 g/mol. The first-order valence-corrected chi connectivity index (χ1v) is 9.78. The second-order valence-electron chi connectivity index (χ2n) is 6.53. The average Bonchev–Trinajstić information content (AvgIpc) is 3.01. The highest BCUT2D eigenvalue weighted by molar-refractivity contribution is 7.09. The Labute approximate surface area is 157 Å². The van der Waals surface area contributed by atoms with E-state index in [4.69, 9.17) is 0 Å². The Balaban J connectivity index is 2.54. The van der Waals surface area contributed by atoms with Crippen LogP contribution in [0.5, 0.6) is 0 Å². The summed E-state index contributed by atoms with van der Waals surface area (Å²) in [5, 5.41) is 16.9. The number of aliphatic hydroxyl groups is 1. The van der Waals surface area contributed by atoms with Crippen LogP contribution in [0.2, 0.25) is 0 Å². The van der Waals surface area contributed by atoms with Crippen molar-refractivity contribution < 1.29 is 18.3 Å². The van der Waals surface area contributed by atoms with Crippen molar-refractivity contribution in [3.63, 3.8) is 0 Å². The quantitative estimate of drug-likeness (QED) is 0.421. The summed E-state index contributed by atoms with van der Waals surface area (Å²) in [5.41, 5.74) is -0.835.